The highest BCUT2D eigenvalue weighted by molar-refractivity contribution is 7.14. The van der Waals surface area contributed by atoms with E-state index in [1.807, 2.05) is 12.2 Å². The van der Waals surface area contributed by atoms with Crippen LogP contribution in [0, 0.1) is 17.7 Å². The normalized spacial score (nSPS) is 20.0. The van der Waals surface area contributed by atoms with Crippen molar-refractivity contribution in [1.29, 1.82) is 0 Å². The molecule has 0 unspecified atom stereocenters. The number of nitrogens with one attached hydrogen (secondary N) is 1. The molecule has 2 aliphatic rings. The third-order valence-electron chi connectivity index (χ3n) is 5.14. The first kappa shape index (κ1) is 20.9. The van der Waals surface area contributed by atoms with Gasteiger partial charge in [-0.1, -0.05) is 12.2 Å². The predicted molar refractivity (Wildman–Crippen MR) is 109 cm³/mol. The Bertz CT molecular complexity index is 1040. The van der Waals surface area contributed by atoms with Crippen molar-refractivity contribution in [2.45, 2.75) is 12.8 Å². The Labute approximate surface area is 180 Å². The fourth-order valence-corrected chi connectivity index (χ4v) is 4.32. The summed E-state index contributed by atoms with van der Waals surface area (Å²) in [5.74, 6) is -3.40. The summed E-state index contributed by atoms with van der Waals surface area (Å²) in [5.41, 5.74) is 1.26. The van der Waals surface area contributed by atoms with Gasteiger partial charge < -0.3 is 4.74 Å². The number of amides is 3. The summed E-state index contributed by atoms with van der Waals surface area (Å²) in [6, 6.07) is 5.77. The number of carbonyl (C=O) groups is 4. The number of thiazole rings is 1. The lowest BCUT2D eigenvalue weighted by atomic mass is 9.85. The van der Waals surface area contributed by atoms with Crippen LogP contribution < -0.4 is 5.32 Å². The molecule has 0 spiro atoms. The molecule has 1 fully saturated rings. The molecule has 3 amide bonds. The van der Waals surface area contributed by atoms with E-state index in [4.69, 9.17) is 4.74 Å². The average Bonchev–Trinajstić information content (AvgIpc) is 3.32. The molecule has 8 nitrogen and oxygen atoms in total. The van der Waals surface area contributed by atoms with Gasteiger partial charge in [0.25, 0.3) is 5.91 Å². The Morgan fingerprint density at radius 1 is 1.13 bits per heavy atom. The van der Waals surface area contributed by atoms with Crippen molar-refractivity contribution in [3.8, 4) is 11.3 Å². The van der Waals surface area contributed by atoms with Gasteiger partial charge in [-0.25, -0.2) is 9.37 Å². The van der Waals surface area contributed by atoms with Crippen LogP contribution in [0.4, 0.5) is 9.52 Å². The minimum atomic E-state index is -0.838. The van der Waals surface area contributed by atoms with E-state index in [-0.39, 0.29) is 17.6 Å². The Morgan fingerprint density at radius 2 is 1.77 bits per heavy atom. The molecule has 1 aromatic heterocycles. The second-order valence-corrected chi connectivity index (χ2v) is 8.03. The van der Waals surface area contributed by atoms with Crippen molar-refractivity contribution in [3.63, 3.8) is 0 Å². The summed E-state index contributed by atoms with van der Waals surface area (Å²) in [6.07, 6.45) is 4.69. The van der Waals surface area contributed by atoms with Crippen LogP contribution in [0.3, 0.4) is 0 Å². The number of rotatable bonds is 6. The summed E-state index contributed by atoms with van der Waals surface area (Å²) in [7, 11) is 0. The molecule has 160 valence electrons. The Kier molecular flexibility index (Phi) is 5.90. The number of ether oxygens (including phenoxy) is 1. The smallest absolute Gasteiger partial charge is 0.326 e. The maximum atomic E-state index is 13.0. The summed E-state index contributed by atoms with van der Waals surface area (Å²) < 4.78 is 17.9. The van der Waals surface area contributed by atoms with Gasteiger partial charge in [-0.05, 0) is 37.1 Å². The Balaban J connectivity index is 1.26. The molecule has 2 atom stereocenters. The van der Waals surface area contributed by atoms with E-state index < -0.39 is 36.9 Å². The minimum absolute atomic E-state index is 0.293. The van der Waals surface area contributed by atoms with E-state index in [0.29, 0.717) is 29.2 Å². The number of likely N-dealkylation sites (tertiary alicyclic amines) is 1. The van der Waals surface area contributed by atoms with Crippen molar-refractivity contribution in [2.75, 3.05) is 18.5 Å². The molecule has 10 heteroatoms. The lowest BCUT2D eigenvalue weighted by molar-refractivity contribution is -0.154. The molecule has 1 aromatic carbocycles. The van der Waals surface area contributed by atoms with Crippen LogP contribution in [-0.4, -0.2) is 46.7 Å². The van der Waals surface area contributed by atoms with Gasteiger partial charge >= 0.3 is 5.97 Å². The van der Waals surface area contributed by atoms with Gasteiger partial charge in [-0.15, -0.1) is 11.3 Å². The monoisotopic (exact) mass is 443 g/mol. The molecule has 1 saturated heterocycles. The van der Waals surface area contributed by atoms with Crippen LogP contribution in [0.25, 0.3) is 11.3 Å². The van der Waals surface area contributed by atoms with Crippen LogP contribution in [0.2, 0.25) is 0 Å². The van der Waals surface area contributed by atoms with Crippen LogP contribution >= 0.6 is 11.3 Å². The zero-order valence-electron chi connectivity index (χ0n) is 16.2. The maximum Gasteiger partial charge on any atom is 0.326 e. The number of aromatic nitrogens is 1. The van der Waals surface area contributed by atoms with Crippen molar-refractivity contribution in [3.05, 3.63) is 47.6 Å². The van der Waals surface area contributed by atoms with Gasteiger partial charge in [0.1, 0.15) is 12.4 Å². The lowest BCUT2D eigenvalue weighted by Crippen LogP contribution is -2.37. The second kappa shape index (κ2) is 8.76. The number of esters is 1. The highest BCUT2D eigenvalue weighted by atomic mass is 32.1. The van der Waals surface area contributed by atoms with E-state index in [0.717, 1.165) is 4.90 Å². The fourth-order valence-electron chi connectivity index (χ4n) is 3.59. The third kappa shape index (κ3) is 4.53. The van der Waals surface area contributed by atoms with E-state index >= 15 is 0 Å². The summed E-state index contributed by atoms with van der Waals surface area (Å²) >= 11 is 1.17. The molecule has 0 radical (unpaired) electrons. The summed E-state index contributed by atoms with van der Waals surface area (Å²) in [4.78, 5) is 54.0. The minimum Gasteiger partial charge on any atom is -0.454 e. The molecule has 2 heterocycles. The Hall–Kier alpha value is -3.40. The van der Waals surface area contributed by atoms with E-state index in [9.17, 15) is 23.6 Å². The van der Waals surface area contributed by atoms with Crippen LogP contribution in [0.15, 0.2) is 41.8 Å². The first-order valence-electron chi connectivity index (χ1n) is 9.59. The van der Waals surface area contributed by atoms with E-state index in [1.54, 1.807) is 17.5 Å². The summed E-state index contributed by atoms with van der Waals surface area (Å²) in [6.45, 7) is -1.08. The van der Waals surface area contributed by atoms with Gasteiger partial charge in [-0.2, -0.15) is 0 Å². The Morgan fingerprint density at radius 3 is 2.42 bits per heavy atom. The number of carbonyl (C=O) groups excluding carboxylic acids is 4. The predicted octanol–water partition coefficient (Wildman–Crippen LogP) is 2.38. The standard InChI is InChI=1S/C21H18FN3O5S/c22-13-7-5-12(6-8-13)16-11-31-21(23-16)24-17(26)10-30-18(27)9-25-19(28)14-3-1-2-4-15(14)20(25)29/h1-2,5-8,11,14-15H,3-4,9-10H2,(H,23,24,26)/t14-,15+. The van der Waals surface area contributed by atoms with Crippen molar-refractivity contribution in [2.24, 2.45) is 11.8 Å². The highest BCUT2D eigenvalue weighted by Gasteiger charge is 2.47. The zero-order valence-corrected chi connectivity index (χ0v) is 17.1. The maximum absolute atomic E-state index is 13.0. The largest absolute Gasteiger partial charge is 0.454 e. The number of anilines is 1. The molecule has 0 bridgehead atoms. The SMILES string of the molecule is O=C(COC(=O)CN1C(=O)[C@H]2CC=CC[C@H]2C1=O)Nc1nc(-c2ccc(F)cc2)cs1. The number of hydrogen-bond acceptors (Lipinski definition) is 7. The van der Waals surface area contributed by atoms with Crippen molar-refractivity contribution >= 4 is 40.2 Å². The van der Waals surface area contributed by atoms with E-state index in [1.165, 1.54) is 23.5 Å². The highest BCUT2D eigenvalue weighted by Crippen LogP contribution is 2.34. The number of hydrogen-bond donors (Lipinski definition) is 1. The van der Waals surface area contributed by atoms with Crippen LogP contribution in [0.5, 0.6) is 0 Å². The number of nitrogens with zero attached hydrogens (tertiary/aromatic N) is 2. The second-order valence-electron chi connectivity index (χ2n) is 7.17. The van der Waals surface area contributed by atoms with Crippen LogP contribution in [0.1, 0.15) is 12.8 Å². The number of fused-ring (bicyclic) bond motifs is 1. The quantitative estimate of drug-likeness (QED) is 0.418. The number of benzene rings is 1. The fraction of sp³-hybridized carbons (Fsp3) is 0.286. The van der Waals surface area contributed by atoms with Gasteiger partial charge in [0.2, 0.25) is 11.8 Å². The molecule has 2 aromatic rings. The molecular weight excluding hydrogens is 425 g/mol. The van der Waals surface area contributed by atoms with Gasteiger partial charge in [0.15, 0.2) is 11.7 Å². The average molecular weight is 443 g/mol. The van der Waals surface area contributed by atoms with Crippen LogP contribution in [-0.2, 0) is 23.9 Å². The third-order valence-corrected chi connectivity index (χ3v) is 5.90. The zero-order chi connectivity index (χ0) is 22.0. The van der Waals surface area contributed by atoms with Gasteiger partial charge in [-0.3, -0.25) is 29.4 Å². The first-order chi connectivity index (χ1) is 14.9. The van der Waals surface area contributed by atoms with Gasteiger partial charge in [0.05, 0.1) is 17.5 Å². The van der Waals surface area contributed by atoms with Gasteiger partial charge in [0, 0.05) is 10.9 Å². The molecular formula is C21H18FN3O5S. The summed E-state index contributed by atoms with van der Waals surface area (Å²) in [5, 5.41) is 4.51. The number of imide groups is 1. The van der Waals surface area contributed by atoms with E-state index in [2.05, 4.69) is 10.3 Å². The molecule has 0 saturated carbocycles. The topological polar surface area (TPSA) is 106 Å². The van der Waals surface area contributed by atoms with Crippen molar-refractivity contribution < 1.29 is 28.3 Å². The van der Waals surface area contributed by atoms with Crippen molar-refractivity contribution in [1.82, 2.24) is 9.88 Å². The molecule has 1 N–H and O–H groups in total. The molecule has 1 aliphatic heterocycles. The molecule has 1 aliphatic carbocycles. The lowest BCUT2D eigenvalue weighted by Gasteiger charge is -2.14. The number of allylic oxidation sites excluding steroid dienone is 2. The first-order valence-corrected chi connectivity index (χ1v) is 10.5. The number of halogens is 1. The molecule has 31 heavy (non-hydrogen) atoms. The molecule has 4 rings (SSSR count).